The van der Waals surface area contributed by atoms with Crippen LogP contribution in [0, 0.1) is 0 Å². The lowest BCUT2D eigenvalue weighted by atomic mass is 10.1. The lowest BCUT2D eigenvalue weighted by molar-refractivity contribution is -0.134. The van der Waals surface area contributed by atoms with E-state index in [1.54, 1.807) is 24.3 Å². The first-order valence-electron chi connectivity index (χ1n) is 5.29. The molecular formula is C14H16O4. The van der Waals surface area contributed by atoms with E-state index in [0.717, 1.165) is 6.08 Å². The summed E-state index contributed by atoms with van der Waals surface area (Å²) < 4.78 is 4.14. The van der Waals surface area contributed by atoms with E-state index in [-0.39, 0.29) is 18.0 Å². The Morgan fingerprint density at radius 1 is 1.22 bits per heavy atom. The number of methoxy groups -OCH3 is 1. The topological polar surface area (TPSA) is 60.4 Å². The zero-order valence-electron chi connectivity index (χ0n) is 10.5. The van der Waals surface area contributed by atoms with Gasteiger partial charge in [-0.1, -0.05) is 36.9 Å². The monoisotopic (exact) mass is 248 g/mol. The Balaban J connectivity index is 0.000000411. The molecule has 1 aromatic carbocycles. The molecule has 1 aromatic rings. The molecule has 18 heavy (non-hydrogen) atoms. The molecule has 0 saturated carbocycles. The number of ether oxygens (including phenoxy) is 1. The molecule has 0 bridgehead atoms. The van der Waals surface area contributed by atoms with Gasteiger partial charge < -0.3 is 4.74 Å². The fourth-order valence-corrected chi connectivity index (χ4v) is 1.04. The van der Waals surface area contributed by atoms with E-state index in [4.69, 9.17) is 0 Å². The van der Waals surface area contributed by atoms with Crippen LogP contribution >= 0.6 is 0 Å². The van der Waals surface area contributed by atoms with Crippen LogP contribution in [0.4, 0.5) is 0 Å². The van der Waals surface area contributed by atoms with Gasteiger partial charge in [0.05, 0.1) is 13.5 Å². The lowest BCUT2D eigenvalue weighted by Gasteiger charge is -1.95. The molecule has 0 amide bonds. The van der Waals surface area contributed by atoms with Gasteiger partial charge in [-0.2, -0.15) is 0 Å². The van der Waals surface area contributed by atoms with Gasteiger partial charge in [0.1, 0.15) is 5.78 Å². The van der Waals surface area contributed by atoms with Gasteiger partial charge >= 0.3 is 5.97 Å². The van der Waals surface area contributed by atoms with E-state index in [1.807, 2.05) is 6.07 Å². The Hall–Kier alpha value is -2.23. The van der Waals surface area contributed by atoms with E-state index in [0.29, 0.717) is 5.56 Å². The Kier molecular flexibility index (Phi) is 7.77. The minimum atomic E-state index is -0.394. The van der Waals surface area contributed by atoms with Gasteiger partial charge in [0.25, 0.3) is 0 Å². The summed E-state index contributed by atoms with van der Waals surface area (Å²) in [5, 5.41) is 0. The molecule has 4 heteroatoms. The molecule has 1 rings (SSSR count). The molecular weight excluding hydrogens is 232 g/mol. The first-order chi connectivity index (χ1) is 8.51. The maximum absolute atomic E-state index is 11.2. The van der Waals surface area contributed by atoms with Crippen molar-refractivity contribution >= 4 is 17.5 Å². The van der Waals surface area contributed by atoms with E-state index in [9.17, 15) is 14.4 Å². The summed E-state index contributed by atoms with van der Waals surface area (Å²) in [6, 6.07) is 8.84. The van der Waals surface area contributed by atoms with Crippen molar-refractivity contribution in [1.29, 1.82) is 0 Å². The summed E-state index contributed by atoms with van der Waals surface area (Å²) in [7, 11) is 1.31. The quantitative estimate of drug-likeness (QED) is 0.354. The predicted octanol–water partition coefficient (Wildman–Crippen LogP) is 2.19. The molecule has 0 aromatic heterocycles. The summed E-state index contributed by atoms with van der Waals surface area (Å²) in [5.74, 6) is -0.595. The number of carbonyl (C=O) groups excluding carboxylic acids is 3. The second-order valence-electron chi connectivity index (χ2n) is 3.40. The minimum absolute atomic E-state index is 0.00398. The number of ketones is 2. The standard InChI is InChI=1S/C10H10O2.C4H6O2/c1-8(11)7-10(12)9-5-3-2-4-6-9;1-3-4(5)6-2/h2-6H,7H2,1H3;3H,1H2,2H3. The Morgan fingerprint density at radius 3 is 2.11 bits per heavy atom. The Bertz CT molecular complexity index is 421. The zero-order valence-corrected chi connectivity index (χ0v) is 10.5. The highest BCUT2D eigenvalue weighted by Gasteiger charge is 2.06. The van der Waals surface area contributed by atoms with E-state index >= 15 is 0 Å². The number of Topliss-reactive ketones (excluding diaryl/α,β-unsaturated/α-hetero) is 2. The average Bonchev–Trinajstić information content (AvgIpc) is 2.38. The third-order valence-corrected chi connectivity index (χ3v) is 1.87. The van der Waals surface area contributed by atoms with Gasteiger partial charge in [-0.25, -0.2) is 4.79 Å². The Labute approximate surface area is 106 Å². The number of hydrogen-bond donors (Lipinski definition) is 0. The molecule has 0 N–H and O–H groups in total. The summed E-state index contributed by atoms with van der Waals surface area (Å²) in [5.41, 5.74) is 0.604. The molecule has 0 heterocycles. The van der Waals surface area contributed by atoms with Crippen molar-refractivity contribution in [2.24, 2.45) is 0 Å². The third kappa shape index (κ3) is 7.11. The number of esters is 1. The third-order valence-electron chi connectivity index (χ3n) is 1.87. The number of hydrogen-bond acceptors (Lipinski definition) is 4. The minimum Gasteiger partial charge on any atom is -0.466 e. The second-order valence-corrected chi connectivity index (χ2v) is 3.40. The van der Waals surface area contributed by atoms with Gasteiger partial charge in [-0.3, -0.25) is 9.59 Å². The van der Waals surface area contributed by atoms with Crippen LogP contribution in [0.1, 0.15) is 23.7 Å². The van der Waals surface area contributed by atoms with Gasteiger partial charge in [0.2, 0.25) is 0 Å². The fourth-order valence-electron chi connectivity index (χ4n) is 1.04. The van der Waals surface area contributed by atoms with Crippen molar-refractivity contribution in [2.45, 2.75) is 13.3 Å². The SMILES string of the molecule is C=CC(=O)OC.CC(=O)CC(=O)c1ccccc1. The highest BCUT2D eigenvalue weighted by atomic mass is 16.5. The van der Waals surface area contributed by atoms with Crippen LogP contribution in [-0.2, 0) is 14.3 Å². The molecule has 0 saturated heterocycles. The van der Waals surface area contributed by atoms with Crippen LogP contribution in [0.25, 0.3) is 0 Å². The molecule has 0 unspecified atom stereocenters. The van der Waals surface area contributed by atoms with Crippen molar-refractivity contribution in [3.05, 3.63) is 48.6 Å². The number of carbonyl (C=O) groups is 3. The van der Waals surface area contributed by atoms with Gasteiger partial charge in [0.15, 0.2) is 5.78 Å². The maximum Gasteiger partial charge on any atom is 0.329 e. The molecule has 0 radical (unpaired) electrons. The largest absolute Gasteiger partial charge is 0.466 e. The van der Waals surface area contributed by atoms with Crippen molar-refractivity contribution in [2.75, 3.05) is 7.11 Å². The Morgan fingerprint density at radius 2 is 1.78 bits per heavy atom. The van der Waals surface area contributed by atoms with Crippen LogP contribution in [-0.4, -0.2) is 24.6 Å². The van der Waals surface area contributed by atoms with Gasteiger partial charge in [-0.15, -0.1) is 0 Å². The highest BCUT2D eigenvalue weighted by Crippen LogP contribution is 2.02. The fraction of sp³-hybridized carbons (Fsp3) is 0.214. The van der Waals surface area contributed by atoms with Crippen molar-refractivity contribution < 1.29 is 19.1 Å². The van der Waals surface area contributed by atoms with Crippen molar-refractivity contribution in [3.63, 3.8) is 0 Å². The average molecular weight is 248 g/mol. The second kappa shape index (κ2) is 8.87. The van der Waals surface area contributed by atoms with E-state index in [1.165, 1.54) is 14.0 Å². The molecule has 4 nitrogen and oxygen atoms in total. The molecule has 96 valence electrons. The van der Waals surface area contributed by atoms with E-state index < -0.39 is 5.97 Å². The highest BCUT2D eigenvalue weighted by molar-refractivity contribution is 6.07. The summed E-state index contributed by atoms with van der Waals surface area (Å²) in [4.78, 5) is 31.7. The zero-order chi connectivity index (χ0) is 14.0. The van der Waals surface area contributed by atoms with Crippen molar-refractivity contribution in [3.8, 4) is 0 Å². The number of benzene rings is 1. The summed E-state index contributed by atoms with van der Waals surface area (Å²) in [6.45, 7) is 4.57. The first kappa shape index (κ1) is 15.8. The van der Waals surface area contributed by atoms with E-state index in [2.05, 4.69) is 11.3 Å². The first-order valence-corrected chi connectivity index (χ1v) is 5.29. The lowest BCUT2D eigenvalue weighted by Crippen LogP contribution is -2.04. The molecule has 0 aliphatic rings. The van der Waals surface area contributed by atoms with Crippen LogP contribution in [0.2, 0.25) is 0 Å². The normalized spacial score (nSPS) is 8.56. The predicted molar refractivity (Wildman–Crippen MR) is 68.3 cm³/mol. The van der Waals surface area contributed by atoms with Crippen LogP contribution < -0.4 is 0 Å². The number of rotatable bonds is 4. The summed E-state index contributed by atoms with van der Waals surface area (Å²) >= 11 is 0. The summed E-state index contributed by atoms with van der Waals surface area (Å²) in [6.07, 6.45) is 1.12. The molecule has 0 spiro atoms. The van der Waals surface area contributed by atoms with Crippen LogP contribution in [0.15, 0.2) is 43.0 Å². The molecule has 0 aliphatic heterocycles. The molecule has 0 atom stereocenters. The molecule has 0 fully saturated rings. The smallest absolute Gasteiger partial charge is 0.329 e. The van der Waals surface area contributed by atoms with Crippen LogP contribution in [0.5, 0.6) is 0 Å². The van der Waals surface area contributed by atoms with Crippen molar-refractivity contribution in [1.82, 2.24) is 0 Å². The maximum atomic E-state index is 11.2. The van der Waals surface area contributed by atoms with Gasteiger partial charge in [-0.05, 0) is 6.92 Å². The van der Waals surface area contributed by atoms with Crippen LogP contribution in [0.3, 0.4) is 0 Å². The van der Waals surface area contributed by atoms with Gasteiger partial charge in [0, 0.05) is 11.6 Å². The molecule has 0 aliphatic carbocycles.